The Kier molecular flexibility index (Phi) is 3.88. The molecule has 19 heavy (non-hydrogen) atoms. The topological polar surface area (TPSA) is 74.8 Å². The Balaban J connectivity index is 2.23. The SMILES string of the molecule is Cc1[nH]ncc1CNS(=O)(=O)c1cc(F)ccc1Cl. The molecule has 1 aromatic carbocycles. The van der Waals surface area contributed by atoms with Gasteiger partial charge in [0, 0.05) is 17.8 Å². The van der Waals surface area contributed by atoms with Gasteiger partial charge in [0.05, 0.1) is 11.2 Å². The minimum Gasteiger partial charge on any atom is -0.283 e. The smallest absolute Gasteiger partial charge is 0.242 e. The zero-order valence-electron chi connectivity index (χ0n) is 9.94. The number of aryl methyl sites for hydroxylation is 1. The number of hydrogen-bond donors (Lipinski definition) is 2. The van der Waals surface area contributed by atoms with Gasteiger partial charge in [-0.3, -0.25) is 5.10 Å². The molecule has 0 bridgehead atoms. The molecule has 0 aliphatic carbocycles. The number of sulfonamides is 1. The minimum atomic E-state index is -3.87. The molecule has 0 aliphatic rings. The summed E-state index contributed by atoms with van der Waals surface area (Å²) in [5.74, 6) is -0.663. The molecule has 102 valence electrons. The van der Waals surface area contributed by atoms with Gasteiger partial charge >= 0.3 is 0 Å². The summed E-state index contributed by atoms with van der Waals surface area (Å²) in [7, 11) is -3.87. The molecule has 0 radical (unpaired) electrons. The number of aromatic amines is 1. The highest BCUT2D eigenvalue weighted by molar-refractivity contribution is 7.89. The van der Waals surface area contributed by atoms with Crippen molar-refractivity contribution in [2.45, 2.75) is 18.4 Å². The summed E-state index contributed by atoms with van der Waals surface area (Å²) >= 11 is 5.77. The lowest BCUT2D eigenvalue weighted by atomic mass is 10.3. The van der Waals surface area contributed by atoms with Gasteiger partial charge in [-0.05, 0) is 25.1 Å². The normalized spacial score (nSPS) is 11.7. The van der Waals surface area contributed by atoms with Gasteiger partial charge in [0.25, 0.3) is 0 Å². The van der Waals surface area contributed by atoms with Crippen LogP contribution in [0.25, 0.3) is 0 Å². The van der Waals surface area contributed by atoms with Crippen molar-refractivity contribution in [3.05, 3.63) is 46.5 Å². The van der Waals surface area contributed by atoms with Crippen LogP contribution in [0.1, 0.15) is 11.3 Å². The van der Waals surface area contributed by atoms with Crippen LogP contribution in [0.3, 0.4) is 0 Å². The first kappa shape index (κ1) is 14.0. The zero-order chi connectivity index (χ0) is 14.0. The number of aromatic nitrogens is 2. The molecule has 0 aliphatic heterocycles. The van der Waals surface area contributed by atoms with Crippen LogP contribution in [0.5, 0.6) is 0 Å². The first-order chi connectivity index (χ1) is 8.90. The molecule has 0 saturated carbocycles. The maximum Gasteiger partial charge on any atom is 0.242 e. The predicted octanol–water partition coefficient (Wildman–Crippen LogP) is 1.99. The number of H-pyrrole nitrogens is 1. The Bertz CT molecular complexity index is 700. The van der Waals surface area contributed by atoms with E-state index in [4.69, 9.17) is 11.6 Å². The number of rotatable bonds is 4. The molecule has 1 heterocycles. The number of nitrogens with zero attached hydrogens (tertiary/aromatic N) is 1. The summed E-state index contributed by atoms with van der Waals surface area (Å²) in [5.41, 5.74) is 1.46. The van der Waals surface area contributed by atoms with E-state index in [-0.39, 0.29) is 16.5 Å². The second kappa shape index (κ2) is 5.28. The molecule has 0 fully saturated rings. The van der Waals surface area contributed by atoms with Gasteiger partial charge in [0.15, 0.2) is 0 Å². The van der Waals surface area contributed by atoms with Gasteiger partial charge < -0.3 is 0 Å². The van der Waals surface area contributed by atoms with E-state index in [1.165, 1.54) is 12.3 Å². The van der Waals surface area contributed by atoms with E-state index < -0.39 is 15.8 Å². The molecule has 2 N–H and O–H groups in total. The second-order valence-corrected chi connectivity index (χ2v) is 6.06. The van der Waals surface area contributed by atoms with Crippen molar-refractivity contribution >= 4 is 21.6 Å². The average Bonchev–Trinajstić information content (AvgIpc) is 2.75. The Morgan fingerprint density at radius 1 is 1.47 bits per heavy atom. The van der Waals surface area contributed by atoms with Crippen LogP contribution in [0.2, 0.25) is 5.02 Å². The largest absolute Gasteiger partial charge is 0.283 e. The molecule has 1 aromatic heterocycles. The summed E-state index contributed by atoms with van der Waals surface area (Å²) in [5, 5.41) is 6.45. The van der Waals surface area contributed by atoms with E-state index in [2.05, 4.69) is 14.9 Å². The van der Waals surface area contributed by atoms with E-state index in [0.29, 0.717) is 5.56 Å². The van der Waals surface area contributed by atoms with Gasteiger partial charge in [0.2, 0.25) is 10.0 Å². The van der Waals surface area contributed by atoms with Crippen LogP contribution in [-0.2, 0) is 16.6 Å². The predicted molar refractivity (Wildman–Crippen MR) is 68.8 cm³/mol. The second-order valence-electron chi connectivity index (χ2n) is 3.92. The lowest BCUT2D eigenvalue weighted by Crippen LogP contribution is -2.23. The van der Waals surface area contributed by atoms with Crippen molar-refractivity contribution in [2.24, 2.45) is 0 Å². The molecule has 2 aromatic rings. The fourth-order valence-corrected chi connectivity index (χ4v) is 3.00. The van der Waals surface area contributed by atoms with Crippen LogP contribution in [0.15, 0.2) is 29.3 Å². The maximum absolute atomic E-state index is 13.1. The van der Waals surface area contributed by atoms with Crippen LogP contribution in [-0.4, -0.2) is 18.6 Å². The monoisotopic (exact) mass is 303 g/mol. The third-order valence-corrected chi connectivity index (χ3v) is 4.45. The van der Waals surface area contributed by atoms with Crippen molar-refractivity contribution in [3.63, 3.8) is 0 Å². The van der Waals surface area contributed by atoms with Gasteiger partial charge in [-0.15, -0.1) is 0 Å². The minimum absolute atomic E-state index is 0.0298. The van der Waals surface area contributed by atoms with Crippen LogP contribution >= 0.6 is 11.6 Å². The van der Waals surface area contributed by atoms with Gasteiger partial charge in [-0.25, -0.2) is 17.5 Å². The molecular weight excluding hydrogens is 293 g/mol. The fraction of sp³-hybridized carbons (Fsp3) is 0.182. The number of hydrogen-bond acceptors (Lipinski definition) is 3. The highest BCUT2D eigenvalue weighted by Crippen LogP contribution is 2.22. The van der Waals surface area contributed by atoms with Gasteiger partial charge in [0.1, 0.15) is 10.7 Å². The number of nitrogens with one attached hydrogen (secondary N) is 2. The Labute approximate surface area is 114 Å². The lowest BCUT2D eigenvalue weighted by Gasteiger charge is -2.08. The molecular formula is C11H11ClFN3O2S. The van der Waals surface area contributed by atoms with Crippen LogP contribution in [0, 0.1) is 12.7 Å². The molecule has 2 rings (SSSR count). The summed E-state index contributed by atoms with van der Waals surface area (Å²) < 4.78 is 39.5. The first-order valence-electron chi connectivity index (χ1n) is 5.34. The quantitative estimate of drug-likeness (QED) is 0.907. The molecule has 0 unspecified atom stereocenters. The van der Waals surface area contributed by atoms with E-state index >= 15 is 0 Å². The Hall–Kier alpha value is -1.44. The summed E-state index contributed by atoms with van der Waals surface area (Å²) in [6, 6.07) is 3.18. The Morgan fingerprint density at radius 2 is 2.21 bits per heavy atom. The van der Waals surface area contributed by atoms with Gasteiger partial charge in [-0.2, -0.15) is 5.10 Å². The molecule has 0 amide bonds. The molecule has 5 nitrogen and oxygen atoms in total. The molecule has 0 spiro atoms. The highest BCUT2D eigenvalue weighted by Gasteiger charge is 2.19. The van der Waals surface area contributed by atoms with E-state index in [0.717, 1.165) is 17.8 Å². The van der Waals surface area contributed by atoms with Crippen molar-refractivity contribution in [3.8, 4) is 0 Å². The summed E-state index contributed by atoms with van der Waals surface area (Å²) in [6.07, 6.45) is 1.52. The van der Waals surface area contributed by atoms with Gasteiger partial charge in [-0.1, -0.05) is 11.6 Å². The third kappa shape index (κ3) is 3.12. The lowest BCUT2D eigenvalue weighted by molar-refractivity contribution is 0.577. The molecule has 0 saturated heterocycles. The van der Waals surface area contributed by atoms with Crippen LogP contribution in [0.4, 0.5) is 4.39 Å². The van der Waals surface area contributed by atoms with Crippen molar-refractivity contribution < 1.29 is 12.8 Å². The standard InChI is InChI=1S/C11H11ClFN3O2S/c1-7-8(5-14-16-7)6-15-19(17,18)11-4-9(13)2-3-10(11)12/h2-5,15H,6H2,1H3,(H,14,16). The zero-order valence-corrected chi connectivity index (χ0v) is 11.5. The molecule has 0 atom stereocenters. The maximum atomic E-state index is 13.1. The number of halogens is 2. The summed E-state index contributed by atoms with van der Waals surface area (Å²) in [6.45, 7) is 1.82. The van der Waals surface area contributed by atoms with E-state index in [1.54, 1.807) is 6.92 Å². The van der Waals surface area contributed by atoms with Crippen molar-refractivity contribution in [1.29, 1.82) is 0 Å². The van der Waals surface area contributed by atoms with Crippen molar-refractivity contribution in [2.75, 3.05) is 0 Å². The fourth-order valence-electron chi connectivity index (χ4n) is 1.49. The van der Waals surface area contributed by atoms with E-state index in [1.807, 2.05) is 0 Å². The molecule has 8 heteroatoms. The van der Waals surface area contributed by atoms with Crippen LogP contribution < -0.4 is 4.72 Å². The summed E-state index contributed by atoms with van der Waals surface area (Å²) in [4.78, 5) is -0.282. The first-order valence-corrected chi connectivity index (χ1v) is 7.20. The average molecular weight is 304 g/mol. The number of benzene rings is 1. The van der Waals surface area contributed by atoms with E-state index in [9.17, 15) is 12.8 Å². The van der Waals surface area contributed by atoms with Crippen molar-refractivity contribution in [1.82, 2.24) is 14.9 Å². The highest BCUT2D eigenvalue weighted by atomic mass is 35.5. The third-order valence-electron chi connectivity index (χ3n) is 2.57. The Morgan fingerprint density at radius 3 is 2.84 bits per heavy atom.